The predicted octanol–water partition coefficient (Wildman–Crippen LogP) is 1.84. The Balaban J connectivity index is 2.48. The molecule has 0 bridgehead atoms. The highest BCUT2D eigenvalue weighted by Crippen LogP contribution is 2.30. The molecule has 1 aliphatic rings. The van der Waals surface area contributed by atoms with E-state index in [9.17, 15) is 18.0 Å². The molecule has 0 aromatic rings. The second kappa shape index (κ2) is 6.49. The molecular weight excluding hydrogens is 253 g/mol. The molecule has 1 fully saturated rings. The number of halogens is 3. The lowest BCUT2D eigenvalue weighted by molar-refractivity contribution is -0.130. The van der Waals surface area contributed by atoms with Crippen LogP contribution < -0.4 is 5.32 Å². The van der Waals surface area contributed by atoms with E-state index < -0.39 is 17.2 Å². The van der Waals surface area contributed by atoms with Gasteiger partial charge in [-0.15, -0.1) is 0 Å². The third-order valence-corrected chi connectivity index (χ3v) is 3.34. The number of hydrogen-bond donors (Lipinski definition) is 1. The lowest BCUT2D eigenvalue weighted by Crippen LogP contribution is -2.43. The summed E-state index contributed by atoms with van der Waals surface area (Å²) in [5, 5.41) is 3.12. The molecule has 3 nitrogen and oxygen atoms in total. The topological polar surface area (TPSA) is 32.3 Å². The largest absolute Gasteiger partial charge is 0.442 e. The summed E-state index contributed by atoms with van der Waals surface area (Å²) < 4.78 is 36.1. The van der Waals surface area contributed by atoms with E-state index in [4.69, 9.17) is 0 Å². The number of nitrogens with zero attached hydrogens (tertiary/aromatic N) is 1. The van der Waals surface area contributed by atoms with Crippen LogP contribution in [0.25, 0.3) is 0 Å². The minimum Gasteiger partial charge on any atom is -0.338 e. The van der Waals surface area contributed by atoms with E-state index in [1.165, 1.54) is 0 Å². The first-order chi connectivity index (χ1) is 7.94. The average molecular weight is 270 g/mol. The molecule has 1 heterocycles. The number of carbonyl (C=O) groups is 1. The summed E-state index contributed by atoms with van der Waals surface area (Å²) >= 11 is -0.257. The van der Waals surface area contributed by atoms with Gasteiger partial charge in [-0.3, -0.25) is 4.79 Å². The zero-order valence-electron chi connectivity index (χ0n) is 9.72. The fraction of sp³-hybridized carbons (Fsp3) is 0.900. The molecule has 17 heavy (non-hydrogen) atoms. The van der Waals surface area contributed by atoms with Crippen molar-refractivity contribution in [3.63, 3.8) is 0 Å². The van der Waals surface area contributed by atoms with Crippen LogP contribution in [0.2, 0.25) is 0 Å². The number of amides is 1. The van der Waals surface area contributed by atoms with E-state index in [1.54, 1.807) is 4.90 Å². The maximum absolute atomic E-state index is 12.0. The molecule has 1 aliphatic heterocycles. The average Bonchev–Trinajstić information content (AvgIpc) is 2.74. The molecule has 7 heteroatoms. The monoisotopic (exact) mass is 270 g/mol. The molecule has 1 saturated heterocycles. The van der Waals surface area contributed by atoms with Crippen molar-refractivity contribution in [3.8, 4) is 0 Å². The van der Waals surface area contributed by atoms with E-state index in [-0.39, 0.29) is 17.8 Å². The van der Waals surface area contributed by atoms with Crippen molar-refractivity contribution in [2.24, 2.45) is 0 Å². The standard InChI is InChI=1S/C10H17F3N2OS/c1-2-5-15(8-3-4-14-6-8)9(16)7-17-10(11,12)13/h8,14H,2-7H2,1H3. The summed E-state index contributed by atoms with van der Waals surface area (Å²) in [6, 6.07) is 0.0521. The van der Waals surface area contributed by atoms with E-state index in [0.29, 0.717) is 13.1 Å². The smallest absolute Gasteiger partial charge is 0.338 e. The molecule has 0 saturated carbocycles. The minimum atomic E-state index is -4.33. The number of rotatable bonds is 5. The van der Waals surface area contributed by atoms with Crippen molar-refractivity contribution < 1.29 is 18.0 Å². The molecular formula is C10H17F3N2OS. The molecule has 1 atom stereocenters. The van der Waals surface area contributed by atoms with E-state index >= 15 is 0 Å². The van der Waals surface area contributed by atoms with Crippen LogP contribution in [0, 0.1) is 0 Å². The molecule has 0 aromatic carbocycles. The first-order valence-corrected chi connectivity index (χ1v) is 6.63. The van der Waals surface area contributed by atoms with Crippen LogP contribution in [0.4, 0.5) is 13.2 Å². The molecule has 1 unspecified atom stereocenters. The lowest BCUT2D eigenvalue weighted by atomic mass is 10.2. The van der Waals surface area contributed by atoms with E-state index in [1.807, 2.05) is 6.92 Å². The fourth-order valence-corrected chi connectivity index (χ4v) is 2.34. The number of carbonyl (C=O) groups excluding carboxylic acids is 1. The van der Waals surface area contributed by atoms with Crippen LogP contribution in [0.3, 0.4) is 0 Å². The Morgan fingerprint density at radius 3 is 2.71 bits per heavy atom. The number of nitrogens with one attached hydrogen (secondary N) is 1. The third-order valence-electron chi connectivity index (χ3n) is 2.62. The van der Waals surface area contributed by atoms with Gasteiger partial charge in [-0.05, 0) is 31.1 Å². The van der Waals surface area contributed by atoms with Gasteiger partial charge in [0.25, 0.3) is 0 Å². The highest BCUT2D eigenvalue weighted by atomic mass is 32.2. The molecule has 1 rings (SSSR count). The second-order valence-electron chi connectivity index (χ2n) is 3.97. The van der Waals surface area contributed by atoms with E-state index in [0.717, 1.165) is 19.4 Å². The van der Waals surface area contributed by atoms with Crippen LogP contribution in [-0.4, -0.2) is 47.7 Å². The molecule has 1 amide bonds. The normalized spacial score (nSPS) is 20.6. The van der Waals surface area contributed by atoms with Crippen molar-refractivity contribution in [2.75, 3.05) is 25.4 Å². The molecule has 100 valence electrons. The van der Waals surface area contributed by atoms with Crippen molar-refractivity contribution >= 4 is 17.7 Å². The van der Waals surface area contributed by atoms with Crippen molar-refractivity contribution in [3.05, 3.63) is 0 Å². The first-order valence-electron chi connectivity index (χ1n) is 5.65. The van der Waals surface area contributed by atoms with Crippen molar-refractivity contribution in [1.82, 2.24) is 10.2 Å². The third kappa shape index (κ3) is 5.16. The number of thioether (sulfide) groups is 1. The number of hydrogen-bond acceptors (Lipinski definition) is 3. The summed E-state index contributed by atoms with van der Waals surface area (Å²) in [6.07, 6.45) is 1.58. The van der Waals surface area contributed by atoms with Crippen molar-refractivity contribution in [2.45, 2.75) is 31.3 Å². The van der Waals surface area contributed by atoms with Gasteiger partial charge in [0.15, 0.2) is 0 Å². The SMILES string of the molecule is CCCN(C(=O)CSC(F)(F)F)C1CCNC1. The Kier molecular flexibility index (Phi) is 5.58. The Morgan fingerprint density at radius 2 is 2.24 bits per heavy atom. The van der Waals surface area contributed by atoms with Gasteiger partial charge in [0.1, 0.15) is 0 Å². The predicted molar refractivity (Wildman–Crippen MR) is 61.8 cm³/mol. The van der Waals surface area contributed by atoms with Crippen LogP contribution in [-0.2, 0) is 4.79 Å². The fourth-order valence-electron chi connectivity index (χ4n) is 1.88. The highest BCUT2D eigenvalue weighted by molar-refractivity contribution is 8.00. The molecule has 0 aliphatic carbocycles. The van der Waals surface area contributed by atoms with Gasteiger partial charge in [-0.1, -0.05) is 6.92 Å². The van der Waals surface area contributed by atoms with Crippen LogP contribution in [0.15, 0.2) is 0 Å². The molecule has 0 spiro atoms. The molecule has 1 N–H and O–H groups in total. The maximum Gasteiger partial charge on any atom is 0.442 e. The zero-order valence-corrected chi connectivity index (χ0v) is 10.5. The summed E-state index contributed by atoms with van der Waals surface area (Å²) in [5.41, 5.74) is -4.33. The van der Waals surface area contributed by atoms with Gasteiger partial charge in [0, 0.05) is 19.1 Å². The summed E-state index contributed by atoms with van der Waals surface area (Å²) in [5.74, 6) is -0.928. The van der Waals surface area contributed by atoms with Crippen LogP contribution in [0.1, 0.15) is 19.8 Å². The van der Waals surface area contributed by atoms with Gasteiger partial charge in [-0.2, -0.15) is 13.2 Å². The van der Waals surface area contributed by atoms with E-state index in [2.05, 4.69) is 5.32 Å². The van der Waals surface area contributed by atoms with Gasteiger partial charge in [0.2, 0.25) is 5.91 Å². The lowest BCUT2D eigenvalue weighted by Gasteiger charge is -2.28. The van der Waals surface area contributed by atoms with Crippen LogP contribution >= 0.6 is 11.8 Å². The first kappa shape index (κ1) is 14.6. The number of alkyl halides is 3. The van der Waals surface area contributed by atoms with Gasteiger partial charge in [0.05, 0.1) is 5.75 Å². The van der Waals surface area contributed by atoms with Gasteiger partial charge < -0.3 is 10.2 Å². The maximum atomic E-state index is 12.0. The van der Waals surface area contributed by atoms with Crippen LogP contribution in [0.5, 0.6) is 0 Å². The van der Waals surface area contributed by atoms with Crippen molar-refractivity contribution in [1.29, 1.82) is 0 Å². The van der Waals surface area contributed by atoms with Gasteiger partial charge in [-0.25, -0.2) is 0 Å². The van der Waals surface area contributed by atoms with Gasteiger partial charge >= 0.3 is 5.51 Å². The Morgan fingerprint density at radius 1 is 1.53 bits per heavy atom. The minimum absolute atomic E-state index is 0.0521. The summed E-state index contributed by atoms with van der Waals surface area (Å²) in [6.45, 7) is 3.95. The summed E-state index contributed by atoms with van der Waals surface area (Å²) in [4.78, 5) is 13.3. The zero-order chi connectivity index (χ0) is 12.9. The Bertz CT molecular complexity index is 254. The Hall–Kier alpha value is -0.430. The molecule has 0 radical (unpaired) electrons. The quantitative estimate of drug-likeness (QED) is 0.827. The molecule has 0 aromatic heterocycles. The summed E-state index contributed by atoms with van der Waals surface area (Å²) in [7, 11) is 0. The highest BCUT2D eigenvalue weighted by Gasteiger charge is 2.32. The second-order valence-corrected chi connectivity index (χ2v) is 5.01. The Labute approximate surface area is 103 Å².